The fraction of sp³-hybridized carbons (Fsp3) is 0.897. The molecule has 262 valence electrons. The van der Waals surface area contributed by atoms with Crippen molar-refractivity contribution in [2.45, 2.75) is 198 Å². The Morgan fingerprint density at radius 1 is 0.596 bits per heavy atom. The summed E-state index contributed by atoms with van der Waals surface area (Å²) in [6.45, 7) is 0. The zero-order valence-electron chi connectivity index (χ0n) is 29.3. The highest BCUT2D eigenvalue weighted by Crippen LogP contribution is 2.39. The number of aliphatic imine (C=N–C) groups is 3. The number of amidine groups is 1. The maximum absolute atomic E-state index is 9.04. The Balaban J connectivity index is 0.882. The Bertz CT molecular complexity index is 1080. The molecule has 6 fully saturated rings. The van der Waals surface area contributed by atoms with Crippen LogP contribution in [-0.4, -0.2) is 52.8 Å². The molecule has 2 N–H and O–H groups in total. The van der Waals surface area contributed by atoms with E-state index in [4.69, 9.17) is 25.0 Å². The van der Waals surface area contributed by atoms with Gasteiger partial charge in [0.05, 0.1) is 35.6 Å². The Labute approximate surface area is 284 Å². The summed E-state index contributed by atoms with van der Waals surface area (Å²) in [7, 11) is 0. The maximum atomic E-state index is 9.04. The Hall–Kier alpha value is -2.21. The van der Waals surface area contributed by atoms with Crippen molar-refractivity contribution in [2.24, 2.45) is 49.0 Å². The molecule has 0 aromatic carbocycles. The first-order valence-corrected chi connectivity index (χ1v) is 20.1. The number of rotatable bonds is 8. The molecule has 0 spiro atoms. The molecule has 6 aliphatic carbocycles. The molecule has 6 aliphatic rings. The average molecular weight is 649 g/mol. The van der Waals surface area contributed by atoms with Crippen molar-refractivity contribution >= 4 is 23.5 Å². The van der Waals surface area contributed by atoms with Gasteiger partial charge in [-0.05, 0) is 171 Å². The van der Waals surface area contributed by atoms with Crippen molar-refractivity contribution in [1.29, 1.82) is 0 Å². The maximum Gasteiger partial charge on any atom is 0.315 e. The van der Waals surface area contributed by atoms with Crippen LogP contribution in [-0.2, 0) is 4.84 Å². The van der Waals surface area contributed by atoms with Crippen molar-refractivity contribution in [3.8, 4) is 0 Å². The molecule has 6 saturated carbocycles. The fourth-order valence-corrected chi connectivity index (χ4v) is 9.77. The highest BCUT2D eigenvalue weighted by molar-refractivity contribution is 5.85. The lowest BCUT2D eigenvalue weighted by Gasteiger charge is -2.34. The smallest absolute Gasteiger partial charge is 0.315 e. The normalized spacial score (nSPS) is 34.6. The first kappa shape index (κ1) is 34.6. The minimum Gasteiger partial charge on any atom is -0.411 e. The van der Waals surface area contributed by atoms with Crippen molar-refractivity contribution < 1.29 is 10.0 Å². The first-order valence-electron chi connectivity index (χ1n) is 20.1. The average Bonchev–Trinajstić information content (AvgIpc) is 3.13. The summed E-state index contributed by atoms with van der Waals surface area (Å²) in [5.41, 5.74) is 2.21. The van der Waals surface area contributed by atoms with Crippen molar-refractivity contribution in [3.05, 3.63) is 0 Å². The molecule has 0 amide bonds. The molecule has 8 heteroatoms. The Morgan fingerprint density at radius 2 is 1.15 bits per heavy atom. The van der Waals surface area contributed by atoms with Gasteiger partial charge in [-0.25, -0.2) is 15.0 Å². The lowest BCUT2D eigenvalue weighted by molar-refractivity contribution is 0.207. The summed E-state index contributed by atoms with van der Waals surface area (Å²) in [6, 6.07) is 5.56. The number of oxime groups is 2. The molecule has 0 aliphatic heterocycles. The molecule has 0 bridgehead atoms. The molecule has 47 heavy (non-hydrogen) atoms. The summed E-state index contributed by atoms with van der Waals surface area (Å²) in [5.74, 6) is 3.35. The highest BCUT2D eigenvalue weighted by Gasteiger charge is 2.30. The minimum absolute atomic E-state index is 0.366. The third-order valence-corrected chi connectivity index (χ3v) is 12.9. The molecule has 0 aromatic heterocycles. The molecule has 0 heterocycles. The van der Waals surface area contributed by atoms with E-state index >= 15 is 0 Å². The Morgan fingerprint density at radius 3 is 1.77 bits per heavy atom. The van der Waals surface area contributed by atoms with Crippen molar-refractivity contribution in [3.63, 3.8) is 0 Å². The van der Waals surface area contributed by atoms with Crippen LogP contribution in [0.2, 0.25) is 0 Å². The summed E-state index contributed by atoms with van der Waals surface area (Å²) in [5, 5.41) is 20.7. The number of hydrogen-bond donors (Lipinski definition) is 2. The monoisotopic (exact) mass is 649 g/mol. The van der Waals surface area contributed by atoms with E-state index in [1.54, 1.807) is 0 Å². The summed E-state index contributed by atoms with van der Waals surface area (Å²) in [6.07, 6.45) is 33.0. The molecule has 8 nitrogen and oxygen atoms in total. The molecule has 0 atom stereocenters. The quantitative estimate of drug-likeness (QED) is 0.118. The summed E-state index contributed by atoms with van der Waals surface area (Å²) >= 11 is 0. The summed E-state index contributed by atoms with van der Waals surface area (Å²) in [4.78, 5) is 20.8. The van der Waals surface area contributed by atoms with Crippen LogP contribution in [0.1, 0.15) is 173 Å². The molecular weight excluding hydrogens is 584 g/mol. The molecule has 0 saturated heterocycles. The van der Waals surface area contributed by atoms with Crippen LogP contribution in [0, 0.1) is 23.7 Å². The van der Waals surface area contributed by atoms with Crippen LogP contribution in [0.4, 0.5) is 0 Å². The van der Waals surface area contributed by atoms with E-state index in [1.807, 2.05) is 0 Å². The number of nitrogens with one attached hydrogen (secondary N) is 1. The predicted octanol–water partition coefficient (Wildman–Crippen LogP) is 9.86. The fourth-order valence-electron chi connectivity index (χ4n) is 9.77. The van der Waals surface area contributed by atoms with E-state index in [9.17, 15) is 0 Å². The van der Waals surface area contributed by atoms with Gasteiger partial charge in [0.25, 0.3) is 0 Å². The van der Waals surface area contributed by atoms with Gasteiger partial charge >= 0.3 is 6.02 Å². The molecular formula is C39H64N6O2. The van der Waals surface area contributed by atoms with E-state index in [2.05, 4.69) is 21.6 Å². The lowest BCUT2D eigenvalue weighted by Crippen LogP contribution is -2.38. The van der Waals surface area contributed by atoms with E-state index in [1.165, 1.54) is 153 Å². The van der Waals surface area contributed by atoms with Gasteiger partial charge in [-0.3, -0.25) is 0 Å². The van der Waals surface area contributed by atoms with Gasteiger partial charge in [0.1, 0.15) is 0 Å². The molecule has 0 aromatic rings. The Kier molecular flexibility index (Phi) is 13.7. The van der Waals surface area contributed by atoms with Crippen molar-refractivity contribution in [2.75, 3.05) is 0 Å². The summed E-state index contributed by atoms with van der Waals surface area (Å²) < 4.78 is 0. The van der Waals surface area contributed by atoms with Gasteiger partial charge in [0.15, 0.2) is 0 Å². The van der Waals surface area contributed by atoms with E-state index < -0.39 is 0 Å². The van der Waals surface area contributed by atoms with Gasteiger partial charge in [0.2, 0.25) is 0 Å². The van der Waals surface area contributed by atoms with Gasteiger partial charge < -0.3 is 15.4 Å². The molecule has 6 rings (SSSR count). The van der Waals surface area contributed by atoms with Gasteiger partial charge in [0, 0.05) is 6.04 Å². The number of nitrogens with zero attached hydrogens (tertiary/aromatic N) is 5. The first-order chi connectivity index (χ1) is 23.2. The highest BCUT2D eigenvalue weighted by atomic mass is 16.6. The van der Waals surface area contributed by atoms with E-state index in [0.29, 0.717) is 30.2 Å². The minimum atomic E-state index is 0.366. The predicted molar refractivity (Wildman–Crippen MR) is 192 cm³/mol. The van der Waals surface area contributed by atoms with Crippen LogP contribution in [0.3, 0.4) is 0 Å². The zero-order chi connectivity index (χ0) is 32.1. The van der Waals surface area contributed by atoms with Crippen LogP contribution < -0.4 is 5.32 Å². The standard InChI is InChI=1S/C39H64N6O2/c46-44-37-25-17-32(18-26-37)31-15-23-34(24-16-31)41-28-40-33-19-11-29(12-20-33)27-30-13-21-36(22-14-30)43-39(42-35-7-3-1-4-8-35)47-45-38-9-5-2-6-10-38/h29-36,46H,1-27H2,(H,42,43). The van der Waals surface area contributed by atoms with Crippen molar-refractivity contribution in [1.82, 2.24) is 5.32 Å². The second-order valence-electron chi connectivity index (χ2n) is 16.2. The van der Waals surface area contributed by atoms with E-state index in [-0.39, 0.29) is 0 Å². The van der Waals surface area contributed by atoms with Gasteiger partial charge in [-0.15, -0.1) is 0 Å². The third-order valence-electron chi connectivity index (χ3n) is 12.9. The van der Waals surface area contributed by atoms with Crippen LogP contribution in [0.5, 0.6) is 0 Å². The second kappa shape index (κ2) is 18.5. The van der Waals surface area contributed by atoms with Gasteiger partial charge in [-0.1, -0.05) is 36.0 Å². The van der Waals surface area contributed by atoms with Crippen LogP contribution in [0.15, 0.2) is 25.3 Å². The lowest BCUT2D eigenvalue weighted by atomic mass is 9.72. The number of hydrogen-bond acceptors (Lipinski definition) is 7. The van der Waals surface area contributed by atoms with Crippen LogP contribution >= 0.6 is 0 Å². The largest absolute Gasteiger partial charge is 0.411 e. The third kappa shape index (κ3) is 11.2. The zero-order valence-corrected chi connectivity index (χ0v) is 29.3. The van der Waals surface area contributed by atoms with E-state index in [0.717, 1.165) is 55.1 Å². The molecule has 0 unspecified atom stereocenters. The van der Waals surface area contributed by atoms with Gasteiger partial charge in [-0.2, -0.15) is 0 Å². The molecule has 0 radical (unpaired) electrons. The SMILES string of the molecule is ON=C1CCC(C2CCC(N=C=NC3CCC(CC4CCC(/N=C(/NC5CCCCC5)ON=C5CCCCC5)CC4)CC3)CC2)CC1. The van der Waals surface area contributed by atoms with Crippen LogP contribution in [0.25, 0.3) is 0 Å². The second-order valence-corrected chi connectivity index (χ2v) is 16.2. The topological polar surface area (TPSA) is 103 Å².